The SMILES string of the molecule is Cc1cc2nc3cc(F)c(N)cc3[n+](-c3ccccc3)c2cc1NCCCCCCNC(=O)c1ccc(-c2ccc(C(=O)NCCCCCCNc3cc4c(cc3C)nc3cc(F)c(N)cc3[n+]4-c3ccccc3)cc2)cc1. The predicted octanol–water partition coefficient (Wildman–Crippen LogP) is 12.2. The van der Waals surface area contributed by atoms with Crippen LogP contribution >= 0.6 is 0 Å². The first-order chi connectivity index (χ1) is 38.0. The maximum atomic E-state index is 14.5. The van der Waals surface area contributed by atoms with Gasteiger partial charge in [-0.1, -0.05) is 86.3 Å². The zero-order valence-electron chi connectivity index (χ0n) is 44.0. The molecule has 0 aliphatic carbocycles. The van der Waals surface area contributed by atoms with Crippen LogP contribution in [-0.4, -0.2) is 48.0 Å². The number of halogens is 2. The molecule has 0 saturated carbocycles. The minimum atomic E-state index is -0.488. The number of fused-ring (bicyclic) bond motifs is 4. The molecule has 2 aromatic heterocycles. The van der Waals surface area contributed by atoms with Gasteiger partial charge in [0.2, 0.25) is 33.4 Å². The van der Waals surface area contributed by atoms with Gasteiger partial charge in [0.25, 0.3) is 11.8 Å². The first kappa shape index (κ1) is 52.4. The van der Waals surface area contributed by atoms with Gasteiger partial charge < -0.3 is 32.7 Å². The number of anilines is 4. The molecule has 0 aliphatic rings. The molecule has 0 atom stereocenters. The van der Waals surface area contributed by atoms with E-state index in [9.17, 15) is 18.4 Å². The van der Waals surface area contributed by atoms with Crippen LogP contribution in [0.5, 0.6) is 0 Å². The van der Waals surface area contributed by atoms with Crippen molar-refractivity contribution in [2.75, 3.05) is 48.3 Å². The molecule has 8 aromatic carbocycles. The smallest absolute Gasteiger partial charge is 0.251 e. The van der Waals surface area contributed by atoms with Gasteiger partial charge in [0.05, 0.1) is 11.4 Å². The van der Waals surface area contributed by atoms with Crippen LogP contribution in [0.25, 0.3) is 66.6 Å². The van der Waals surface area contributed by atoms with E-state index in [-0.39, 0.29) is 23.2 Å². The van der Waals surface area contributed by atoms with E-state index in [1.807, 2.05) is 135 Å². The summed E-state index contributed by atoms with van der Waals surface area (Å²) in [7, 11) is 0. The summed E-state index contributed by atoms with van der Waals surface area (Å²) in [5.74, 6) is -1.18. The molecule has 0 fully saturated rings. The third-order valence-electron chi connectivity index (χ3n) is 14.3. The molecule has 0 spiro atoms. The zero-order chi connectivity index (χ0) is 54.1. The van der Waals surface area contributed by atoms with Gasteiger partial charge in [-0.25, -0.2) is 18.7 Å². The third kappa shape index (κ3) is 11.8. The van der Waals surface area contributed by atoms with E-state index in [2.05, 4.69) is 42.5 Å². The minimum absolute atomic E-state index is 0.0768. The highest BCUT2D eigenvalue weighted by Crippen LogP contribution is 2.29. The van der Waals surface area contributed by atoms with Gasteiger partial charge in [-0.2, -0.15) is 0 Å². The topological polar surface area (TPSA) is 168 Å². The predicted molar refractivity (Wildman–Crippen MR) is 310 cm³/mol. The maximum Gasteiger partial charge on any atom is 0.251 e. The van der Waals surface area contributed by atoms with Crippen molar-refractivity contribution in [2.24, 2.45) is 0 Å². The van der Waals surface area contributed by atoms with Crippen LogP contribution in [0.4, 0.5) is 31.5 Å². The lowest BCUT2D eigenvalue weighted by molar-refractivity contribution is -0.538. The Bertz CT molecular complexity index is 3550. The highest BCUT2D eigenvalue weighted by molar-refractivity contribution is 5.96. The Morgan fingerprint density at radius 1 is 0.436 bits per heavy atom. The second-order valence-electron chi connectivity index (χ2n) is 20.0. The number of aromatic nitrogens is 4. The van der Waals surface area contributed by atoms with Gasteiger partial charge in [-0.15, -0.1) is 9.13 Å². The van der Waals surface area contributed by atoms with Crippen LogP contribution in [0.2, 0.25) is 0 Å². The number of nitrogens with zero attached hydrogens (tertiary/aromatic N) is 4. The molecule has 78 heavy (non-hydrogen) atoms. The second kappa shape index (κ2) is 23.9. The van der Waals surface area contributed by atoms with Crippen LogP contribution in [0, 0.1) is 25.5 Å². The van der Waals surface area contributed by atoms with Gasteiger partial charge in [-0.3, -0.25) is 9.59 Å². The van der Waals surface area contributed by atoms with Crippen molar-refractivity contribution in [1.29, 1.82) is 0 Å². The minimum Gasteiger partial charge on any atom is -0.396 e. The first-order valence-corrected chi connectivity index (χ1v) is 26.8. The molecular weight excluding hydrogens is 979 g/mol. The van der Waals surface area contributed by atoms with Crippen molar-refractivity contribution in [2.45, 2.75) is 65.2 Å². The fourth-order valence-corrected chi connectivity index (χ4v) is 10.1. The number of rotatable bonds is 21. The van der Waals surface area contributed by atoms with Crippen molar-refractivity contribution < 1.29 is 27.5 Å². The molecule has 10 aromatic rings. The Morgan fingerprint density at radius 2 is 0.782 bits per heavy atom. The lowest BCUT2D eigenvalue weighted by atomic mass is 10.0. The number of hydrogen-bond donors (Lipinski definition) is 6. The molecule has 2 heterocycles. The number of nitrogens with one attached hydrogen (secondary N) is 4. The van der Waals surface area contributed by atoms with Crippen molar-refractivity contribution in [3.05, 3.63) is 192 Å². The molecule has 0 radical (unpaired) electrons. The summed E-state index contributed by atoms with van der Waals surface area (Å²) < 4.78 is 33.2. The molecule has 8 N–H and O–H groups in total. The fourth-order valence-electron chi connectivity index (χ4n) is 10.1. The number of nitrogens with two attached hydrogens (primary N) is 2. The van der Waals surface area contributed by atoms with E-state index in [0.29, 0.717) is 35.2 Å². The molecule has 2 amide bonds. The van der Waals surface area contributed by atoms with Crippen molar-refractivity contribution in [1.82, 2.24) is 20.6 Å². The van der Waals surface area contributed by atoms with E-state index < -0.39 is 11.6 Å². The number of unbranched alkanes of at least 4 members (excludes halogenated alkanes) is 6. The average Bonchev–Trinajstić information content (AvgIpc) is 3.60. The number of para-hydroxylation sites is 2. The van der Waals surface area contributed by atoms with Crippen molar-refractivity contribution in [3.8, 4) is 22.5 Å². The van der Waals surface area contributed by atoms with Crippen LogP contribution in [-0.2, 0) is 0 Å². The summed E-state index contributed by atoms with van der Waals surface area (Å²) in [6.07, 6.45) is 7.68. The van der Waals surface area contributed by atoms with Gasteiger partial charge in [-0.05, 0) is 98.2 Å². The Hall–Kier alpha value is -9.04. The number of benzene rings is 8. The standard InChI is InChI=1S/C64H62F2N10O2/c1-41-33-55-61(75(47-17-9-7-10-18-47)59-37-51(67)49(65)35-57(59)73-55)39-53(41)69-29-13-3-5-15-31-71-63(77)45-25-21-43(22-26-45)44-23-27-46(28-24-44)64(78)72-32-16-6-4-14-30-70-54-40-62-56(34-42(54)2)74-58-36-50(66)52(68)38-60(58)76(62)48-19-11-8-12-20-48/h7-12,17-28,33-40H,3-6,13-16,29-32H2,1-2H3,(H6,67,68,69,70,71,72,77,78)/p+2. The van der Waals surface area contributed by atoms with E-state index in [0.717, 1.165) is 143 Å². The Kier molecular flexibility index (Phi) is 16.0. The summed E-state index contributed by atoms with van der Waals surface area (Å²) in [6, 6.07) is 49.3. The van der Waals surface area contributed by atoms with Crippen LogP contribution in [0.1, 0.15) is 83.2 Å². The maximum absolute atomic E-state index is 14.5. The zero-order valence-corrected chi connectivity index (χ0v) is 44.0. The Balaban J connectivity index is 0.622. The summed E-state index contributed by atoms with van der Waals surface area (Å²) in [4.78, 5) is 35.6. The quantitative estimate of drug-likeness (QED) is 0.0179. The largest absolute Gasteiger partial charge is 0.396 e. The molecule has 394 valence electrons. The number of carbonyl (C=O) groups excluding carboxylic acids is 2. The van der Waals surface area contributed by atoms with E-state index in [1.54, 1.807) is 12.1 Å². The lowest BCUT2D eigenvalue weighted by Crippen LogP contribution is -2.33. The normalized spacial score (nSPS) is 11.4. The van der Waals surface area contributed by atoms with E-state index >= 15 is 0 Å². The van der Waals surface area contributed by atoms with Gasteiger partial charge in [0.1, 0.15) is 33.7 Å². The van der Waals surface area contributed by atoms with E-state index in [4.69, 9.17) is 21.4 Å². The Labute approximate surface area is 452 Å². The average molecular weight is 1040 g/mol. The number of hydrogen-bond acceptors (Lipinski definition) is 8. The molecular formula is C64H64F2N10O2+2. The third-order valence-corrected chi connectivity index (χ3v) is 14.3. The highest BCUT2D eigenvalue weighted by atomic mass is 19.1. The lowest BCUT2D eigenvalue weighted by Gasteiger charge is -2.12. The highest BCUT2D eigenvalue weighted by Gasteiger charge is 2.24. The van der Waals surface area contributed by atoms with Crippen molar-refractivity contribution in [3.63, 3.8) is 0 Å². The molecule has 0 saturated heterocycles. The van der Waals surface area contributed by atoms with Crippen LogP contribution in [0.3, 0.4) is 0 Å². The van der Waals surface area contributed by atoms with Crippen LogP contribution in [0.15, 0.2) is 158 Å². The fraction of sp³-hybridized carbons (Fsp3) is 0.219. The summed E-state index contributed by atoms with van der Waals surface area (Å²) >= 11 is 0. The summed E-state index contributed by atoms with van der Waals surface area (Å²) in [6.45, 7) is 6.87. The number of amides is 2. The molecule has 0 bridgehead atoms. The second-order valence-corrected chi connectivity index (χ2v) is 20.0. The summed E-state index contributed by atoms with van der Waals surface area (Å²) in [5.41, 5.74) is 27.1. The van der Waals surface area contributed by atoms with Gasteiger partial charge in [0.15, 0.2) is 0 Å². The number of nitrogen functional groups attached to an aromatic ring is 2. The van der Waals surface area contributed by atoms with Gasteiger partial charge in [0, 0.05) is 109 Å². The molecule has 0 unspecified atom stereocenters. The monoisotopic (exact) mass is 1040 g/mol. The first-order valence-electron chi connectivity index (χ1n) is 26.8. The molecule has 0 aliphatic heterocycles. The van der Waals surface area contributed by atoms with Crippen molar-refractivity contribution >= 4 is 78.7 Å². The van der Waals surface area contributed by atoms with Gasteiger partial charge >= 0.3 is 0 Å². The number of aryl methyl sites for hydroxylation is 2. The summed E-state index contributed by atoms with van der Waals surface area (Å²) in [5, 5.41) is 13.4. The van der Waals surface area contributed by atoms with E-state index in [1.165, 1.54) is 12.1 Å². The van der Waals surface area contributed by atoms with Crippen LogP contribution < -0.4 is 41.9 Å². The molecule has 10 rings (SSSR count). The molecule has 12 nitrogen and oxygen atoms in total. The number of carbonyl (C=O) groups is 2. The molecule has 14 heteroatoms. The Morgan fingerprint density at radius 3 is 1.17 bits per heavy atom.